The average molecular weight is 243 g/mol. The Morgan fingerprint density at radius 1 is 1.31 bits per heavy atom. The molecule has 7 heteroatoms. The monoisotopic (exact) mass is 243 g/mol. The maximum absolute atomic E-state index is 10.5. The molecule has 4 nitrogen and oxygen atoms in total. The van der Waals surface area contributed by atoms with Crippen LogP contribution >= 0.6 is 0 Å². The van der Waals surface area contributed by atoms with Crippen LogP contribution in [0.4, 0.5) is 13.2 Å². The molecule has 1 aliphatic rings. The van der Waals surface area contributed by atoms with E-state index in [0.29, 0.717) is 0 Å². The number of halogens is 3. The van der Waals surface area contributed by atoms with Crippen LogP contribution in [0.3, 0.4) is 0 Å². The van der Waals surface area contributed by atoms with Gasteiger partial charge in [-0.2, -0.15) is 13.2 Å². The van der Waals surface area contributed by atoms with Gasteiger partial charge >= 0.3 is 6.18 Å². The molecule has 0 unspecified atom stereocenters. The summed E-state index contributed by atoms with van der Waals surface area (Å²) in [5.74, 6) is -3.01. The predicted molar refractivity (Wildman–Crippen MR) is 46.8 cm³/mol. The Morgan fingerprint density at radius 2 is 1.69 bits per heavy atom. The van der Waals surface area contributed by atoms with Crippen LogP contribution < -0.4 is 10.8 Å². The number of hydrogen-bond acceptors (Lipinski definition) is 3. The van der Waals surface area contributed by atoms with Gasteiger partial charge in [0.2, 0.25) is 0 Å². The highest BCUT2D eigenvalue weighted by Gasteiger charge is 2.30. The van der Waals surface area contributed by atoms with Gasteiger partial charge in [-0.15, -0.1) is 0 Å². The summed E-state index contributed by atoms with van der Waals surface area (Å²) in [6.45, 7) is 0. The molecule has 1 saturated carbocycles. The number of carbonyl (C=O) groups is 1. The van der Waals surface area contributed by atoms with Crippen molar-refractivity contribution in [3.8, 4) is 0 Å². The van der Waals surface area contributed by atoms with Crippen molar-refractivity contribution in [1.82, 2.24) is 0 Å². The van der Waals surface area contributed by atoms with E-state index < -0.39 is 12.1 Å². The maximum Gasteiger partial charge on any atom is 0.430 e. The van der Waals surface area contributed by atoms with Crippen LogP contribution in [0, 0.1) is 0 Å². The van der Waals surface area contributed by atoms with Gasteiger partial charge in [-0.05, 0) is 12.8 Å². The second-order valence-electron chi connectivity index (χ2n) is 3.73. The lowest BCUT2D eigenvalue weighted by atomic mass is 9.92. The molecule has 96 valence electrons. The third-order valence-electron chi connectivity index (χ3n) is 2.43. The lowest BCUT2D eigenvalue weighted by Crippen LogP contribution is -2.74. The minimum absolute atomic E-state index is 0.0295. The van der Waals surface area contributed by atoms with Crippen molar-refractivity contribution in [2.75, 3.05) is 7.11 Å². The molecule has 0 spiro atoms. The topological polar surface area (TPSA) is 77.0 Å². The number of alkyl halides is 3. The average Bonchev–Trinajstić information content (AvgIpc) is 2.18. The smallest absolute Gasteiger partial charge is 0.430 e. The lowest BCUT2D eigenvalue weighted by molar-refractivity contribution is -0.558. The SMILES string of the molecule is COC1([NH3+])CCCCC1.O=C([O-])C(F)(F)F. The van der Waals surface area contributed by atoms with Gasteiger partial charge in [0.15, 0.2) is 5.72 Å². The van der Waals surface area contributed by atoms with Crippen LogP contribution in [-0.4, -0.2) is 25.0 Å². The van der Waals surface area contributed by atoms with Gasteiger partial charge in [0.05, 0.1) is 0 Å². The van der Waals surface area contributed by atoms with Crippen LogP contribution in [0.15, 0.2) is 0 Å². The Kier molecular flexibility index (Phi) is 5.74. The number of carbonyl (C=O) groups excluding carboxylic acids is 1. The summed E-state index contributed by atoms with van der Waals surface area (Å²) in [6.07, 6.45) is 1.03. The Hall–Kier alpha value is -0.820. The van der Waals surface area contributed by atoms with Crippen molar-refractivity contribution >= 4 is 5.97 Å². The van der Waals surface area contributed by atoms with Gasteiger partial charge in [-0.3, -0.25) is 0 Å². The molecule has 0 radical (unpaired) electrons. The maximum atomic E-state index is 10.5. The normalized spacial score (nSPS) is 19.6. The molecule has 0 aliphatic heterocycles. The molecular formula is C9H16F3NO3. The Labute approximate surface area is 91.6 Å². The quantitative estimate of drug-likeness (QED) is 0.650. The van der Waals surface area contributed by atoms with Crippen LogP contribution in [-0.2, 0) is 9.53 Å². The number of methoxy groups -OCH3 is 1. The summed E-state index contributed by atoms with van der Waals surface area (Å²) in [6, 6.07) is 0. The summed E-state index contributed by atoms with van der Waals surface area (Å²) in [5.41, 5.74) is 4.00. The summed E-state index contributed by atoms with van der Waals surface area (Å²) >= 11 is 0. The van der Waals surface area contributed by atoms with E-state index in [-0.39, 0.29) is 5.72 Å². The number of rotatable bonds is 1. The van der Waals surface area contributed by atoms with E-state index in [1.54, 1.807) is 7.11 Å². The fourth-order valence-corrected chi connectivity index (χ4v) is 1.40. The van der Waals surface area contributed by atoms with Crippen LogP contribution in [0.1, 0.15) is 32.1 Å². The van der Waals surface area contributed by atoms with E-state index in [1.807, 2.05) is 0 Å². The van der Waals surface area contributed by atoms with Gasteiger partial charge in [-0.25, -0.2) is 0 Å². The molecule has 1 fully saturated rings. The molecule has 0 amide bonds. The van der Waals surface area contributed by atoms with Crippen molar-refractivity contribution in [2.45, 2.75) is 44.0 Å². The first kappa shape index (κ1) is 15.2. The van der Waals surface area contributed by atoms with Crippen molar-refractivity contribution in [3.05, 3.63) is 0 Å². The highest BCUT2D eigenvalue weighted by atomic mass is 19.4. The highest BCUT2D eigenvalue weighted by molar-refractivity contribution is 5.70. The fraction of sp³-hybridized carbons (Fsp3) is 0.889. The van der Waals surface area contributed by atoms with Crippen LogP contribution in [0.25, 0.3) is 0 Å². The first-order chi connectivity index (χ1) is 7.21. The Bertz CT molecular complexity index is 225. The van der Waals surface area contributed by atoms with Gasteiger partial charge in [-0.1, -0.05) is 6.42 Å². The summed E-state index contributed by atoms with van der Waals surface area (Å²) in [5, 5.41) is 8.78. The lowest BCUT2D eigenvalue weighted by Gasteiger charge is -2.27. The van der Waals surface area contributed by atoms with E-state index >= 15 is 0 Å². The predicted octanol–water partition coefficient (Wildman–Crippen LogP) is -0.166. The zero-order chi connectivity index (χ0) is 12.8. The third kappa shape index (κ3) is 5.92. The van der Waals surface area contributed by atoms with E-state index in [1.165, 1.54) is 19.3 Å². The van der Waals surface area contributed by atoms with Crippen LogP contribution in [0.2, 0.25) is 0 Å². The van der Waals surface area contributed by atoms with E-state index in [4.69, 9.17) is 14.6 Å². The van der Waals surface area contributed by atoms with E-state index in [2.05, 4.69) is 5.73 Å². The molecule has 16 heavy (non-hydrogen) atoms. The molecular weight excluding hydrogens is 227 g/mol. The highest BCUT2D eigenvalue weighted by Crippen LogP contribution is 2.24. The molecule has 1 rings (SSSR count). The first-order valence-corrected chi connectivity index (χ1v) is 4.90. The molecule has 0 bridgehead atoms. The minimum atomic E-state index is -5.19. The molecule has 0 aromatic heterocycles. The van der Waals surface area contributed by atoms with Crippen molar-refractivity contribution < 1.29 is 33.5 Å². The molecule has 1 aliphatic carbocycles. The molecule has 0 heterocycles. The van der Waals surface area contributed by atoms with Crippen molar-refractivity contribution in [2.24, 2.45) is 0 Å². The van der Waals surface area contributed by atoms with Crippen molar-refractivity contribution in [3.63, 3.8) is 0 Å². The number of carboxylic acid groups (broad SMARTS) is 1. The van der Waals surface area contributed by atoms with E-state index in [0.717, 1.165) is 12.8 Å². The molecule has 3 N–H and O–H groups in total. The standard InChI is InChI=1S/C7H15NO.C2HF3O2/c1-9-7(8)5-3-2-4-6-7;3-2(4,5)1(6)7/h2-6,8H2,1H3;(H,6,7). The second kappa shape index (κ2) is 6.05. The van der Waals surface area contributed by atoms with Gasteiger partial charge < -0.3 is 20.4 Å². The molecule has 0 aromatic rings. The summed E-state index contributed by atoms with van der Waals surface area (Å²) < 4.78 is 36.8. The minimum Gasteiger partial charge on any atom is -0.542 e. The fourth-order valence-electron chi connectivity index (χ4n) is 1.40. The van der Waals surface area contributed by atoms with Gasteiger partial charge in [0.25, 0.3) is 0 Å². The molecule has 0 atom stereocenters. The molecule has 0 saturated heterocycles. The van der Waals surface area contributed by atoms with E-state index in [9.17, 15) is 13.2 Å². The number of aliphatic carboxylic acids is 1. The summed E-state index contributed by atoms with van der Waals surface area (Å²) in [7, 11) is 1.76. The molecule has 0 aromatic carbocycles. The van der Waals surface area contributed by atoms with Crippen LogP contribution in [0.5, 0.6) is 0 Å². The number of quaternary nitrogens is 1. The second-order valence-corrected chi connectivity index (χ2v) is 3.73. The largest absolute Gasteiger partial charge is 0.542 e. The third-order valence-corrected chi connectivity index (χ3v) is 2.43. The zero-order valence-corrected chi connectivity index (χ0v) is 9.10. The number of carboxylic acids is 1. The zero-order valence-electron chi connectivity index (χ0n) is 9.10. The van der Waals surface area contributed by atoms with Crippen molar-refractivity contribution in [1.29, 1.82) is 0 Å². The number of ether oxygens (including phenoxy) is 1. The van der Waals surface area contributed by atoms with Gasteiger partial charge in [0.1, 0.15) is 5.97 Å². The Balaban J connectivity index is 0.000000293. The number of hydrogen-bond donors (Lipinski definition) is 1. The van der Waals surface area contributed by atoms with Gasteiger partial charge in [0, 0.05) is 20.0 Å². The Morgan fingerprint density at radius 3 is 1.88 bits per heavy atom. The summed E-state index contributed by atoms with van der Waals surface area (Å²) in [4.78, 5) is 8.78. The first-order valence-electron chi connectivity index (χ1n) is 4.90.